The van der Waals surface area contributed by atoms with Gasteiger partial charge in [-0.25, -0.2) is 4.79 Å². The van der Waals surface area contributed by atoms with Crippen LogP contribution < -0.4 is 5.32 Å². The van der Waals surface area contributed by atoms with Gasteiger partial charge in [-0.15, -0.1) is 0 Å². The Hall–Kier alpha value is -1.51. The number of nitrogens with one attached hydrogen (secondary N) is 1. The van der Waals surface area contributed by atoms with Crippen LogP contribution in [-0.4, -0.2) is 18.6 Å². The Morgan fingerprint density at radius 1 is 1.19 bits per heavy atom. The van der Waals surface area contributed by atoms with Crippen molar-refractivity contribution in [3.8, 4) is 0 Å². The molecule has 0 saturated heterocycles. The van der Waals surface area contributed by atoms with Crippen LogP contribution >= 0.6 is 0 Å². The van der Waals surface area contributed by atoms with E-state index in [2.05, 4.69) is 12.2 Å². The largest absolute Gasteiger partial charge is 0.462 e. The summed E-state index contributed by atoms with van der Waals surface area (Å²) < 4.78 is 5.13. The fourth-order valence-corrected chi connectivity index (χ4v) is 3.22. The molecule has 0 spiro atoms. The summed E-state index contributed by atoms with van der Waals surface area (Å²) in [7, 11) is 0. The van der Waals surface area contributed by atoms with Gasteiger partial charge in [-0.05, 0) is 50.7 Å². The average molecular weight is 289 g/mol. The molecule has 3 heteroatoms. The van der Waals surface area contributed by atoms with Crippen molar-refractivity contribution in [3.63, 3.8) is 0 Å². The number of rotatable bonds is 6. The van der Waals surface area contributed by atoms with E-state index in [0.717, 1.165) is 11.6 Å². The summed E-state index contributed by atoms with van der Waals surface area (Å²) in [5, 5.41) is 3.55. The van der Waals surface area contributed by atoms with Gasteiger partial charge in [0.1, 0.15) is 0 Å². The maximum Gasteiger partial charge on any atom is 0.340 e. The fraction of sp³-hybridized carbons (Fsp3) is 0.611. The van der Waals surface area contributed by atoms with Gasteiger partial charge in [0.2, 0.25) is 0 Å². The van der Waals surface area contributed by atoms with Crippen molar-refractivity contribution < 1.29 is 9.53 Å². The number of carbonyl (C=O) groups is 1. The summed E-state index contributed by atoms with van der Waals surface area (Å²) >= 11 is 0. The minimum absolute atomic E-state index is 0.236. The van der Waals surface area contributed by atoms with Gasteiger partial charge in [-0.2, -0.15) is 0 Å². The Bertz CT molecular complexity index is 450. The highest BCUT2D eigenvalue weighted by molar-refractivity contribution is 5.95. The van der Waals surface area contributed by atoms with E-state index in [1.165, 1.54) is 38.5 Å². The normalized spacial score (nSPS) is 21.8. The van der Waals surface area contributed by atoms with Gasteiger partial charge in [0.25, 0.3) is 0 Å². The van der Waals surface area contributed by atoms with Crippen molar-refractivity contribution in [2.45, 2.75) is 58.4 Å². The predicted molar refractivity (Wildman–Crippen MR) is 86.7 cm³/mol. The molecule has 0 aliphatic heterocycles. The molecule has 21 heavy (non-hydrogen) atoms. The SMILES string of the molecule is CCCC1CCC(Nc2ccccc2C(=O)OCC)CC1. The molecule has 0 aromatic heterocycles. The molecule has 1 saturated carbocycles. The van der Waals surface area contributed by atoms with Crippen LogP contribution in [0.1, 0.15) is 62.7 Å². The Labute approximate surface area is 128 Å². The van der Waals surface area contributed by atoms with Crippen LogP contribution in [0.3, 0.4) is 0 Å². The third kappa shape index (κ3) is 4.48. The number of hydrogen-bond acceptors (Lipinski definition) is 3. The minimum atomic E-state index is -0.236. The molecule has 1 N–H and O–H groups in total. The summed E-state index contributed by atoms with van der Waals surface area (Å²) in [5.74, 6) is 0.661. The van der Waals surface area contributed by atoms with E-state index in [0.29, 0.717) is 18.2 Å². The predicted octanol–water partition coefficient (Wildman–Crippen LogP) is 4.63. The summed E-state index contributed by atoms with van der Waals surface area (Å²) in [4.78, 5) is 12.0. The summed E-state index contributed by atoms with van der Waals surface area (Å²) in [6.07, 6.45) is 7.63. The lowest BCUT2D eigenvalue weighted by Gasteiger charge is -2.30. The highest BCUT2D eigenvalue weighted by Crippen LogP contribution is 2.30. The van der Waals surface area contributed by atoms with Gasteiger partial charge in [0, 0.05) is 11.7 Å². The fourth-order valence-electron chi connectivity index (χ4n) is 3.22. The monoisotopic (exact) mass is 289 g/mol. The number of ether oxygens (including phenoxy) is 1. The summed E-state index contributed by atoms with van der Waals surface area (Å²) in [5.41, 5.74) is 1.56. The van der Waals surface area contributed by atoms with E-state index in [1.54, 1.807) is 0 Å². The number of benzene rings is 1. The first-order valence-electron chi connectivity index (χ1n) is 8.27. The molecule has 0 radical (unpaired) electrons. The standard InChI is InChI=1S/C18H27NO2/c1-3-7-14-10-12-15(13-11-14)19-17-9-6-5-8-16(17)18(20)21-4-2/h5-6,8-9,14-15,19H,3-4,7,10-13H2,1-2H3. The highest BCUT2D eigenvalue weighted by atomic mass is 16.5. The summed E-state index contributed by atoms with van der Waals surface area (Å²) in [6.45, 7) is 4.51. The number of hydrogen-bond donors (Lipinski definition) is 1. The van der Waals surface area contributed by atoms with E-state index < -0.39 is 0 Å². The van der Waals surface area contributed by atoms with Gasteiger partial charge >= 0.3 is 5.97 Å². The van der Waals surface area contributed by atoms with Gasteiger partial charge < -0.3 is 10.1 Å². The molecule has 0 bridgehead atoms. The van der Waals surface area contributed by atoms with Crippen LogP contribution in [0.25, 0.3) is 0 Å². The van der Waals surface area contributed by atoms with Gasteiger partial charge in [0.15, 0.2) is 0 Å². The average Bonchev–Trinajstić information content (AvgIpc) is 2.50. The molecule has 0 atom stereocenters. The lowest BCUT2D eigenvalue weighted by Crippen LogP contribution is -2.27. The smallest absolute Gasteiger partial charge is 0.340 e. The zero-order valence-corrected chi connectivity index (χ0v) is 13.2. The molecule has 0 heterocycles. The van der Waals surface area contributed by atoms with Crippen LogP contribution in [0.4, 0.5) is 5.69 Å². The maximum absolute atomic E-state index is 12.0. The van der Waals surface area contributed by atoms with E-state index in [1.807, 2.05) is 31.2 Å². The number of carbonyl (C=O) groups excluding carboxylic acids is 1. The van der Waals surface area contributed by atoms with E-state index in [9.17, 15) is 4.79 Å². The van der Waals surface area contributed by atoms with Crippen molar-refractivity contribution in [1.82, 2.24) is 0 Å². The molecule has 2 rings (SSSR count). The van der Waals surface area contributed by atoms with Crippen LogP contribution in [0.15, 0.2) is 24.3 Å². The van der Waals surface area contributed by atoms with E-state index in [-0.39, 0.29) is 5.97 Å². The first kappa shape index (κ1) is 15.9. The van der Waals surface area contributed by atoms with Crippen molar-refractivity contribution >= 4 is 11.7 Å². The molecule has 0 amide bonds. The molecule has 1 aromatic rings. The molecule has 1 aliphatic rings. The first-order chi connectivity index (χ1) is 10.2. The number of esters is 1. The Kier molecular flexibility index (Phi) is 6.09. The van der Waals surface area contributed by atoms with Gasteiger partial charge in [-0.1, -0.05) is 31.9 Å². The van der Waals surface area contributed by atoms with Crippen LogP contribution in [-0.2, 0) is 4.74 Å². The first-order valence-corrected chi connectivity index (χ1v) is 8.27. The molecular formula is C18H27NO2. The second kappa shape index (κ2) is 8.06. The van der Waals surface area contributed by atoms with Gasteiger partial charge in [-0.3, -0.25) is 0 Å². The lowest BCUT2D eigenvalue weighted by molar-refractivity contribution is 0.0527. The Morgan fingerprint density at radius 3 is 2.57 bits per heavy atom. The van der Waals surface area contributed by atoms with Crippen molar-refractivity contribution in [2.24, 2.45) is 5.92 Å². The lowest BCUT2D eigenvalue weighted by atomic mass is 9.83. The van der Waals surface area contributed by atoms with Gasteiger partial charge in [0.05, 0.1) is 12.2 Å². The maximum atomic E-state index is 12.0. The Balaban J connectivity index is 1.96. The van der Waals surface area contributed by atoms with Crippen LogP contribution in [0.2, 0.25) is 0 Å². The van der Waals surface area contributed by atoms with Crippen molar-refractivity contribution in [1.29, 1.82) is 0 Å². The highest BCUT2D eigenvalue weighted by Gasteiger charge is 2.22. The number of anilines is 1. The van der Waals surface area contributed by atoms with Crippen LogP contribution in [0, 0.1) is 5.92 Å². The van der Waals surface area contributed by atoms with Crippen molar-refractivity contribution in [3.05, 3.63) is 29.8 Å². The molecule has 3 nitrogen and oxygen atoms in total. The molecule has 0 unspecified atom stereocenters. The minimum Gasteiger partial charge on any atom is -0.462 e. The van der Waals surface area contributed by atoms with Crippen molar-refractivity contribution in [2.75, 3.05) is 11.9 Å². The number of para-hydroxylation sites is 1. The van der Waals surface area contributed by atoms with Crippen LogP contribution in [0.5, 0.6) is 0 Å². The van der Waals surface area contributed by atoms with E-state index >= 15 is 0 Å². The molecule has 1 aliphatic carbocycles. The molecular weight excluding hydrogens is 262 g/mol. The summed E-state index contributed by atoms with van der Waals surface area (Å²) in [6, 6.07) is 8.14. The zero-order valence-electron chi connectivity index (χ0n) is 13.2. The second-order valence-corrected chi connectivity index (χ2v) is 5.92. The van der Waals surface area contributed by atoms with E-state index in [4.69, 9.17) is 4.74 Å². The zero-order chi connectivity index (χ0) is 15.1. The Morgan fingerprint density at radius 2 is 1.90 bits per heavy atom. The molecule has 1 aromatic carbocycles. The quantitative estimate of drug-likeness (QED) is 0.776. The third-order valence-corrected chi connectivity index (χ3v) is 4.33. The topological polar surface area (TPSA) is 38.3 Å². The molecule has 116 valence electrons. The third-order valence-electron chi connectivity index (χ3n) is 4.33. The second-order valence-electron chi connectivity index (χ2n) is 5.92. The molecule has 1 fully saturated rings.